The highest BCUT2D eigenvalue weighted by molar-refractivity contribution is 6.30. The Hall–Kier alpha value is -2.11. The van der Waals surface area contributed by atoms with E-state index in [1.807, 2.05) is 18.2 Å². The van der Waals surface area contributed by atoms with Crippen LogP contribution in [0, 0.1) is 0 Å². The maximum Gasteiger partial charge on any atom is 0.257 e. The largest absolute Gasteiger partial charge is 0.337 e. The van der Waals surface area contributed by atoms with Gasteiger partial charge in [0.25, 0.3) is 5.91 Å². The van der Waals surface area contributed by atoms with Crippen molar-refractivity contribution in [3.8, 4) is 0 Å². The zero-order valence-electron chi connectivity index (χ0n) is 11.0. The molecule has 0 saturated carbocycles. The lowest BCUT2D eigenvalue weighted by molar-refractivity contribution is 0.0785. The summed E-state index contributed by atoms with van der Waals surface area (Å²) in [6.07, 6.45) is 3.06. The second-order valence-corrected chi connectivity index (χ2v) is 4.79. The van der Waals surface area contributed by atoms with Gasteiger partial charge in [-0.1, -0.05) is 23.7 Å². The van der Waals surface area contributed by atoms with Crippen LogP contribution in [0.3, 0.4) is 0 Å². The minimum Gasteiger partial charge on any atom is -0.337 e. The number of nitrogens with one attached hydrogen (secondary N) is 1. The van der Waals surface area contributed by atoms with Crippen molar-refractivity contribution in [2.75, 3.05) is 12.5 Å². The minimum absolute atomic E-state index is 0.161. The van der Waals surface area contributed by atoms with Gasteiger partial charge < -0.3 is 10.3 Å². The first kappa shape index (κ1) is 14.3. The van der Waals surface area contributed by atoms with Crippen molar-refractivity contribution in [2.24, 2.45) is 5.84 Å². The highest BCUT2D eigenvalue weighted by Crippen LogP contribution is 2.17. The number of hydrazine groups is 1. The van der Waals surface area contributed by atoms with E-state index in [4.69, 9.17) is 17.4 Å². The third-order valence-corrected chi connectivity index (χ3v) is 3.10. The predicted molar refractivity (Wildman–Crippen MR) is 79.3 cm³/mol. The number of benzene rings is 1. The van der Waals surface area contributed by atoms with E-state index >= 15 is 0 Å². The van der Waals surface area contributed by atoms with Gasteiger partial charge in [-0.3, -0.25) is 15.6 Å². The normalized spacial score (nSPS) is 10.2. The SMILES string of the molecule is CN(Cc1cccc(Cl)c1)C(=O)c1cnccc1NN. The zero-order chi connectivity index (χ0) is 14.5. The molecule has 1 aromatic carbocycles. The van der Waals surface area contributed by atoms with Gasteiger partial charge in [0.05, 0.1) is 11.3 Å². The Bertz CT molecular complexity index is 618. The molecule has 0 aliphatic carbocycles. The molecule has 2 rings (SSSR count). The van der Waals surface area contributed by atoms with Gasteiger partial charge in [0.2, 0.25) is 0 Å². The molecule has 5 nitrogen and oxygen atoms in total. The van der Waals surface area contributed by atoms with Crippen LogP contribution in [0.2, 0.25) is 5.02 Å². The molecule has 104 valence electrons. The van der Waals surface area contributed by atoms with E-state index < -0.39 is 0 Å². The molecule has 6 heteroatoms. The Balaban J connectivity index is 2.16. The van der Waals surface area contributed by atoms with Crippen LogP contribution in [0.25, 0.3) is 0 Å². The summed E-state index contributed by atoms with van der Waals surface area (Å²) in [7, 11) is 1.72. The molecule has 0 radical (unpaired) electrons. The van der Waals surface area contributed by atoms with Crippen LogP contribution in [0.5, 0.6) is 0 Å². The van der Waals surface area contributed by atoms with Crippen molar-refractivity contribution in [2.45, 2.75) is 6.54 Å². The summed E-state index contributed by atoms with van der Waals surface area (Å²) < 4.78 is 0. The van der Waals surface area contributed by atoms with Gasteiger partial charge in [-0.25, -0.2) is 0 Å². The van der Waals surface area contributed by atoms with E-state index in [9.17, 15) is 4.79 Å². The predicted octanol–water partition coefficient (Wildman–Crippen LogP) is 2.29. The van der Waals surface area contributed by atoms with Crippen molar-refractivity contribution >= 4 is 23.2 Å². The molecule has 3 N–H and O–H groups in total. The van der Waals surface area contributed by atoms with Crippen LogP contribution in [-0.2, 0) is 6.54 Å². The number of hydrogen-bond donors (Lipinski definition) is 2. The molecule has 0 atom stereocenters. The highest BCUT2D eigenvalue weighted by Gasteiger charge is 2.16. The molecule has 0 aliphatic rings. The lowest BCUT2D eigenvalue weighted by Crippen LogP contribution is -2.27. The number of amides is 1. The molecule has 2 aromatic rings. The number of halogens is 1. The van der Waals surface area contributed by atoms with Crippen molar-refractivity contribution < 1.29 is 4.79 Å². The zero-order valence-corrected chi connectivity index (χ0v) is 11.8. The number of carbonyl (C=O) groups is 1. The lowest BCUT2D eigenvalue weighted by Gasteiger charge is -2.18. The summed E-state index contributed by atoms with van der Waals surface area (Å²) in [6.45, 7) is 0.457. The van der Waals surface area contributed by atoms with Crippen LogP contribution in [-0.4, -0.2) is 22.8 Å². The molecular formula is C14H15ClN4O. The molecule has 0 aliphatic heterocycles. The van der Waals surface area contributed by atoms with Gasteiger partial charge in [0.15, 0.2) is 0 Å². The maximum atomic E-state index is 12.4. The highest BCUT2D eigenvalue weighted by atomic mass is 35.5. The van der Waals surface area contributed by atoms with Crippen LogP contribution in [0.15, 0.2) is 42.7 Å². The summed E-state index contributed by atoms with van der Waals surface area (Å²) in [5, 5.41) is 0.647. The first-order valence-electron chi connectivity index (χ1n) is 6.02. The molecule has 1 aromatic heterocycles. The Morgan fingerprint density at radius 3 is 2.95 bits per heavy atom. The Kier molecular flexibility index (Phi) is 4.55. The Morgan fingerprint density at radius 1 is 1.45 bits per heavy atom. The van der Waals surface area contributed by atoms with E-state index in [1.54, 1.807) is 30.3 Å². The summed E-state index contributed by atoms with van der Waals surface area (Å²) >= 11 is 5.93. The number of pyridine rings is 1. The number of aromatic nitrogens is 1. The van der Waals surface area contributed by atoms with E-state index in [2.05, 4.69) is 10.4 Å². The standard InChI is InChI=1S/C14H15ClN4O/c1-19(9-10-3-2-4-11(15)7-10)14(20)12-8-17-6-5-13(12)18-16/h2-8H,9,16H2,1H3,(H,17,18). The fourth-order valence-electron chi connectivity index (χ4n) is 1.88. The monoisotopic (exact) mass is 290 g/mol. The van der Waals surface area contributed by atoms with Crippen molar-refractivity contribution in [3.63, 3.8) is 0 Å². The molecule has 0 spiro atoms. The van der Waals surface area contributed by atoms with Crippen LogP contribution in [0.4, 0.5) is 5.69 Å². The number of nitrogens with two attached hydrogens (primary N) is 1. The van der Waals surface area contributed by atoms with Gasteiger partial charge in [-0.15, -0.1) is 0 Å². The molecule has 0 unspecified atom stereocenters. The van der Waals surface area contributed by atoms with Gasteiger partial charge in [-0.05, 0) is 23.8 Å². The molecule has 20 heavy (non-hydrogen) atoms. The van der Waals surface area contributed by atoms with Crippen molar-refractivity contribution in [1.82, 2.24) is 9.88 Å². The van der Waals surface area contributed by atoms with E-state index in [1.165, 1.54) is 6.20 Å². The van der Waals surface area contributed by atoms with E-state index in [0.717, 1.165) is 5.56 Å². The third kappa shape index (κ3) is 3.26. The first-order valence-corrected chi connectivity index (χ1v) is 6.40. The van der Waals surface area contributed by atoms with Crippen LogP contribution >= 0.6 is 11.6 Å². The topological polar surface area (TPSA) is 71.2 Å². The Morgan fingerprint density at radius 2 is 2.25 bits per heavy atom. The van der Waals surface area contributed by atoms with E-state index in [-0.39, 0.29) is 5.91 Å². The van der Waals surface area contributed by atoms with Crippen molar-refractivity contribution in [3.05, 3.63) is 58.9 Å². The molecular weight excluding hydrogens is 276 g/mol. The number of anilines is 1. The average molecular weight is 291 g/mol. The van der Waals surface area contributed by atoms with Crippen molar-refractivity contribution in [1.29, 1.82) is 0 Å². The summed E-state index contributed by atoms with van der Waals surface area (Å²) in [5.41, 5.74) is 4.43. The first-order chi connectivity index (χ1) is 9.61. The van der Waals surface area contributed by atoms with Gasteiger partial charge >= 0.3 is 0 Å². The summed E-state index contributed by atoms with van der Waals surface area (Å²) in [5.74, 6) is 5.23. The molecule has 0 saturated heterocycles. The molecule has 0 bridgehead atoms. The second kappa shape index (κ2) is 6.36. The van der Waals surface area contributed by atoms with Gasteiger partial charge in [0, 0.05) is 31.0 Å². The van der Waals surface area contributed by atoms with Crippen LogP contribution < -0.4 is 11.3 Å². The maximum absolute atomic E-state index is 12.4. The number of hydrogen-bond acceptors (Lipinski definition) is 4. The van der Waals surface area contributed by atoms with Gasteiger partial charge in [-0.2, -0.15) is 0 Å². The number of rotatable bonds is 4. The fourth-order valence-corrected chi connectivity index (χ4v) is 2.09. The Labute approximate surface area is 122 Å². The van der Waals surface area contributed by atoms with Gasteiger partial charge in [0.1, 0.15) is 0 Å². The minimum atomic E-state index is -0.161. The number of nitrogen functional groups attached to an aromatic ring is 1. The van der Waals surface area contributed by atoms with E-state index in [0.29, 0.717) is 22.8 Å². The quantitative estimate of drug-likeness (QED) is 0.669. The number of carbonyl (C=O) groups excluding carboxylic acids is 1. The molecule has 1 amide bonds. The summed E-state index contributed by atoms with van der Waals surface area (Å²) in [4.78, 5) is 17.9. The second-order valence-electron chi connectivity index (χ2n) is 4.36. The smallest absolute Gasteiger partial charge is 0.257 e. The number of nitrogens with zero attached hydrogens (tertiary/aromatic N) is 2. The molecule has 1 heterocycles. The fraction of sp³-hybridized carbons (Fsp3) is 0.143. The molecule has 0 fully saturated rings. The summed E-state index contributed by atoms with van der Waals surface area (Å²) in [6, 6.07) is 9.05. The lowest BCUT2D eigenvalue weighted by atomic mass is 10.2. The van der Waals surface area contributed by atoms with Crippen LogP contribution in [0.1, 0.15) is 15.9 Å². The average Bonchev–Trinajstić information content (AvgIpc) is 2.46. The third-order valence-electron chi connectivity index (χ3n) is 2.86.